The molecule has 1 aromatic rings. The highest BCUT2D eigenvalue weighted by atomic mass is 32.2. The Balaban J connectivity index is 1.97. The molecule has 2 rings (SSSR count). The predicted molar refractivity (Wildman–Crippen MR) is 74.5 cm³/mol. The van der Waals surface area contributed by atoms with E-state index in [9.17, 15) is 8.42 Å². The molecule has 0 atom stereocenters. The van der Waals surface area contributed by atoms with Gasteiger partial charge in [0.25, 0.3) is 0 Å². The summed E-state index contributed by atoms with van der Waals surface area (Å²) in [4.78, 5) is 1.02. The third kappa shape index (κ3) is 3.32. The van der Waals surface area contributed by atoms with Crippen LogP contribution in [-0.4, -0.2) is 27.5 Å². The molecule has 0 aromatic carbocycles. The fourth-order valence-corrected chi connectivity index (χ4v) is 4.94. The normalized spacial score (nSPS) is 25.2. The summed E-state index contributed by atoms with van der Waals surface area (Å²) in [7, 11) is -1.35. The molecule has 1 fully saturated rings. The van der Waals surface area contributed by atoms with Crippen LogP contribution in [0.15, 0.2) is 16.3 Å². The van der Waals surface area contributed by atoms with Crippen LogP contribution in [0.1, 0.15) is 30.6 Å². The third-order valence-corrected chi connectivity index (χ3v) is 6.45. The van der Waals surface area contributed by atoms with Gasteiger partial charge in [0.1, 0.15) is 4.21 Å². The molecule has 0 radical (unpaired) electrons. The molecule has 6 heteroatoms. The molecule has 2 N–H and O–H groups in total. The minimum Gasteiger partial charge on any atom is -0.317 e. The van der Waals surface area contributed by atoms with Gasteiger partial charge >= 0.3 is 0 Å². The van der Waals surface area contributed by atoms with Crippen LogP contribution in [0.4, 0.5) is 0 Å². The van der Waals surface area contributed by atoms with Gasteiger partial charge in [-0.15, -0.1) is 11.3 Å². The first-order chi connectivity index (χ1) is 8.51. The van der Waals surface area contributed by atoms with Gasteiger partial charge in [0.2, 0.25) is 10.0 Å². The van der Waals surface area contributed by atoms with Crippen LogP contribution in [0.2, 0.25) is 0 Å². The largest absolute Gasteiger partial charge is 0.317 e. The van der Waals surface area contributed by atoms with Crippen LogP contribution in [0.3, 0.4) is 0 Å². The fraction of sp³-hybridized carbons (Fsp3) is 0.667. The van der Waals surface area contributed by atoms with Gasteiger partial charge in [-0.05, 0) is 51.8 Å². The molecular weight excluding hydrogens is 268 g/mol. The minimum atomic E-state index is -3.32. The first kappa shape index (κ1) is 14.0. The summed E-state index contributed by atoms with van der Waals surface area (Å²) in [6, 6.07) is 4.15. The lowest BCUT2D eigenvalue weighted by Gasteiger charge is -2.28. The maximum Gasteiger partial charge on any atom is 0.250 e. The molecule has 0 spiro atoms. The summed E-state index contributed by atoms with van der Waals surface area (Å²) in [5.74, 6) is 0. The summed E-state index contributed by atoms with van der Waals surface area (Å²) in [6.07, 6.45) is 3.89. The quantitative estimate of drug-likeness (QED) is 0.889. The van der Waals surface area contributed by atoms with Crippen molar-refractivity contribution in [3.63, 3.8) is 0 Å². The second kappa shape index (κ2) is 5.69. The van der Waals surface area contributed by atoms with E-state index in [0.29, 0.717) is 10.3 Å². The second-order valence-corrected chi connectivity index (χ2v) is 8.05. The van der Waals surface area contributed by atoms with Crippen LogP contribution in [-0.2, 0) is 10.0 Å². The SMILES string of the molecule is CNC1CCC(NS(=O)(=O)c2ccc(C)s2)CC1. The van der Waals surface area contributed by atoms with Gasteiger partial charge in [0, 0.05) is 17.0 Å². The van der Waals surface area contributed by atoms with E-state index in [2.05, 4.69) is 10.0 Å². The predicted octanol–water partition coefficient (Wildman–Crippen LogP) is 1.87. The molecule has 0 bridgehead atoms. The van der Waals surface area contributed by atoms with Crippen molar-refractivity contribution >= 4 is 21.4 Å². The lowest BCUT2D eigenvalue weighted by Crippen LogP contribution is -2.41. The Morgan fingerprint density at radius 2 is 1.78 bits per heavy atom. The first-order valence-electron chi connectivity index (χ1n) is 6.27. The average molecular weight is 288 g/mol. The summed E-state index contributed by atoms with van der Waals surface area (Å²) in [6.45, 7) is 1.92. The fourth-order valence-electron chi connectivity index (χ4n) is 2.33. The maximum absolute atomic E-state index is 12.1. The van der Waals surface area contributed by atoms with E-state index >= 15 is 0 Å². The van der Waals surface area contributed by atoms with Crippen molar-refractivity contribution in [2.24, 2.45) is 0 Å². The van der Waals surface area contributed by atoms with Gasteiger partial charge in [0.15, 0.2) is 0 Å². The van der Waals surface area contributed by atoms with Crippen LogP contribution < -0.4 is 10.0 Å². The van der Waals surface area contributed by atoms with Gasteiger partial charge in [-0.25, -0.2) is 13.1 Å². The average Bonchev–Trinajstić information content (AvgIpc) is 2.77. The minimum absolute atomic E-state index is 0.0852. The van der Waals surface area contributed by atoms with Gasteiger partial charge in [-0.1, -0.05) is 0 Å². The van der Waals surface area contributed by atoms with Crippen molar-refractivity contribution < 1.29 is 8.42 Å². The molecular formula is C12H20N2O2S2. The molecule has 4 nitrogen and oxygen atoms in total. The number of aryl methyl sites for hydroxylation is 1. The van der Waals surface area contributed by atoms with Crippen molar-refractivity contribution in [1.29, 1.82) is 0 Å². The van der Waals surface area contributed by atoms with Crippen molar-refractivity contribution in [3.8, 4) is 0 Å². The van der Waals surface area contributed by atoms with Crippen molar-refractivity contribution in [2.75, 3.05) is 7.05 Å². The standard InChI is InChI=1S/C12H20N2O2S2/c1-9-3-8-12(17-9)18(15,16)14-11-6-4-10(13-2)5-7-11/h3,8,10-11,13-14H,4-7H2,1-2H3. The summed E-state index contributed by atoms with van der Waals surface area (Å²) in [5.41, 5.74) is 0. The number of hydrogen-bond donors (Lipinski definition) is 2. The van der Waals surface area contributed by atoms with Gasteiger partial charge in [0.05, 0.1) is 0 Å². The van der Waals surface area contributed by atoms with Crippen LogP contribution in [0.5, 0.6) is 0 Å². The number of sulfonamides is 1. The van der Waals surface area contributed by atoms with E-state index in [1.807, 2.05) is 20.0 Å². The number of hydrogen-bond acceptors (Lipinski definition) is 4. The summed E-state index contributed by atoms with van der Waals surface area (Å²) < 4.78 is 27.5. The maximum atomic E-state index is 12.1. The Morgan fingerprint density at radius 1 is 1.17 bits per heavy atom. The van der Waals surface area contributed by atoms with E-state index in [4.69, 9.17) is 0 Å². The van der Waals surface area contributed by atoms with Crippen LogP contribution >= 0.6 is 11.3 Å². The van der Waals surface area contributed by atoms with Crippen molar-refractivity contribution in [3.05, 3.63) is 17.0 Å². The zero-order chi connectivity index (χ0) is 13.2. The molecule has 1 aromatic heterocycles. The zero-order valence-electron chi connectivity index (χ0n) is 10.8. The highest BCUT2D eigenvalue weighted by Crippen LogP contribution is 2.24. The van der Waals surface area contributed by atoms with Gasteiger partial charge in [-0.3, -0.25) is 0 Å². The number of thiophene rings is 1. The topological polar surface area (TPSA) is 58.2 Å². The van der Waals surface area contributed by atoms with Gasteiger partial charge in [-0.2, -0.15) is 0 Å². The lowest BCUT2D eigenvalue weighted by molar-refractivity contribution is 0.343. The Bertz CT molecular complexity index is 488. The molecule has 1 aliphatic carbocycles. The number of nitrogens with one attached hydrogen (secondary N) is 2. The molecule has 102 valence electrons. The summed E-state index contributed by atoms with van der Waals surface area (Å²) >= 11 is 1.33. The summed E-state index contributed by atoms with van der Waals surface area (Å²) in [5, 5.41) is 3.25. The van der Waals surface area contributed by atoms with Gasteiger partial charge < -0.3 is 5.32 Å². The van der Waals surface area contributed by atoms with Crippen LogP contribution in [0, 0.1) is 6.92 Å². The molecule has 0 saturated heterocycles. The molecule has 1 heterocycles. The smallest absolute Gasteiger partial charge is 0.250 e. The van der Waals surface area contributed by atoms with Crippen molar-refractivity contribution in [1.82, 2.24) is 10.0 Å². The van der Waals surface area contributed by atoms with E-state index in [1.54, 1.807) is 6.07 Å². The Hall–Kier alpha value is -0.430. The van der Waals surface area contributed by atoms with E-state index in [1.165, 1.54) is 11.3 Å². The second-order valence-electron chi connectivity index (χ2n) is 4.82. The first-order valence-corrected chi connectivity index (χ1v) is 8.57. The third-order valence-electron chi connectivity index (χ3n) is 3.44. The molecule has 1 saturated carbocycles. The molecule has 18 heavy (non-hydrogen) atoms. The highest BCUT2D eigenvalue weighted by Gasteiger charge is 2.25. The van der Waals surface area contributed by atoms with Crippen LogP contribution in [0.25, 0.3) is 0 Å². The molecule has 0 aliphatic heterocycles. The van der Waals surface area contributed by atoms with E-state index in [-0.39, 0.29) is 6.04 Å². The molecule has 0 unspecified atom stereocenters. The van der Waals surface area contributed by atoms with Crippen molar-refractivity contribution in [2.45, 2.75) is 48.9 Å². The monoisotopic (exact) mass is 288 g/mol. The van der Waals surface area contributed by atoms with E-state index in [0.717, 1.165) is 30.6 Å². The Labute approximate surface area is 113 Å². The Morgan fingerprint density at radius 3 is 2.28 bits per heavy atom. The molecule has 0 amide bonds. The highest BCUT2D eigenvalue weighted by molar-refractivity contribution is 7.91. The lowest BCUT2D eigenvalue weighted by atomic mass is 9.92. The van der Waals surface area contributed by atoms with E-state index < -0.39 is 10.0 Å². The number of rotatable bonds is 4. The zero-order valence-corrected chi connectivity index (χ0v) is 12.4. The Kier molecular flexibility index (Phi) is 4.42. The molecule has 1 aliphatic rings.